The van der Waals surface area contributed by atoms with Gasteiger partial charge in [0.1, 0.15) is 6.61 Å². The van der Waals surface area contributed by atoms with Crippen molar-refractivity contribution in [3.63, 3.8) is 0 Å². The molecule has 4 nitrogen and oxygen atoms in total. The number of anilines is 1. The minimum absolute atomic E-state index is 0.248. The van der Waals surface area contributed by atoms with Gasteiger partial charge >= 0.3 is 0 Å². The Morgan fingerprint density at radius 2 is 1.80 bits per heavy atom. The van der Waals surface area contributed by atoms with E-state index in [4.69, 9.17) is 32.7 Å². The first kappa shape index (κ1) is 21.8. The van der Waals surface area contributed by atoms with E-state index in [1.807, 2.05) is 55.5 Å². The summed E-state index contributed by atoms with van der Waals surface area (Å²) in [6, 6.07) is 18.3. The lowest BCUT2D eigenvalue weighted by atomic mass is 10.1. The van der Waals surface area contributed by atoms with Crippen molar-refractivity contribution in [3.05, 3.63) is 93.5 Å². The van der Waals surface area contributed by atoms with E-state index in [1.165, 1.54) is 6.08 Å². The molecule has 3 aromatic carbocycles. The molecular weight excluding hydrogens is 421 g/mol. The van der Waals surface area contributed by atoms with Crippen molar-refractivity contribution < 1.29 is 14.3 Å². The average Bonchev–Trinajstić information content (AvgIpc) is 2.75. The topological polar surface area (TPSA) is 47.6 Å². The Bertz CT molecular complexity index is 1060. The predicted molar refractivity (Wildman–Crippen MR) is 123 cm³/mol. The fourth-order valence-electron chi connectivity index (χ4n) is 2.74. The van der Waals surface area contributed by atoms with Gasteiger partial charge in [-0.1, -0.05) is 47.5 Å². The standard InChI is InChI=1S/C24H21Cl2NO3/c1-16-20(26)4-3-5-21(16)27-24(28)13-9-17-8-12-22(23(14-17)29-2)30-15-18-6-10-19(25)11-7-18/h3-14H,15H2,1-2H3,(H,27,28). The number of halogens is 2. The molecule has 0 radical (unpaired) electrons. The van der Waals surface area contributed by atoms with Crippen LogP contribution in [0.1, 0.15) is 16.7 Å². The van der Waals surface area contributed by atoms with Gasteiger partial charge in [-0.15, -0.1) is 0 Å². The highest BCUT2D eigenvalue weighted by Gasteiger charge is 2.07. The van der Waals surface area contributed by atoms with Crippen LogP contribution in [0.3, 0.4) is 0 Å². The Hall–Kier alpha value is -2.95. The van der Waals surface area contributed by atoms with Crippen molar-refractivity contribution in [2.45, 2.75) is 13.5 Å². The SMILES string of the molecule is COc1cc(C=CC(=O)Nc2cccc(Cl)c2C)ccc1OCc1ccc(Cl)cc1. The molecule has 0 heterocycles. The van der Waals surface area contributed by atoms with Crippen LogP contribution in [-0.4, -0.2) is 13.0 Å². The summed E-state index contributed by atoms with van der Waals surface area (Å²) >= 11 is 12.0. The maximum atomic E-state index is 12.2. The van der Waals surface area contributed by atoms with E-state index in [9.17, 15) is 4.79 Å². The first-order valence-electron chi connectivity index (χ1n) is 9.25. The normalized spacial score (nSPS) is 10.8. The summed E-state index contributed by atoms with van der Waals surface area (Å²) in [5, 5.41) is 4.12. The number of hydrogen-bond donors (Lipinski definition) is 1. The van der Waals surface area contributed by atoms with Crippen molar-refractivity contribution in [3.8, 4) is 11.5 Å². The van der Waals surface area contributed by atoms with Crippen LogP contribution < -0.4 is 14.8 Å². The predicted octanol–water partition coefficient (Wildman–Crippen LogP) is 6.54. The van der Waals surface area contributed by atoms with Crippen LogP contribution in [-0.2, 0) is 11.4 Å². The van der Waals surface area contributed by atoms with E-state index in [1.54, 1.807) is 25.3 Å². The Kier molecular flexibility index (Phi) is 7.39. The van der Waals surface area contributed by atoms with Crippen molar-refractivity contribution in [1.29, 1.82) is 0 Å². The Labute approximate surface area is 186 Å². The molecule has 0 atom stereocenters. The van der Waals surface area contributed by atoms with E-state index in [-0.39, 0.29) is 5.91 Å². The molecular formula is C24H21Cl2NO3. The maximum absolute atomic E-state index is 12.2. The monoisotopic (exact) mass is 441 g/mol. The number of nitrogens with one attached hydrogen (secondary N) is 1. The van der Waals surface area contributed by atoms with Crippen molar-refractivity contribution >= 4 is 40.9 Å². The van der Waals surface area contributed by atoms with E-state index in [0.29, 0.717) is 33.8 Å². The van der Waals surface area contributed by atoms with Crippen LogP contribution in [0.4, 0.5) is 5.69 Å². The van der Waals surface area contributed by atoms with Crippen LogP contribution in [0, 0.1) is 6.92 Å². The van der Waals surface area contributed by atoms with E-state index < -0.39 is 0 Å². The molecule has 30 heavy (non-hydrogen) atoms. The van der Waals surface area contributed by atoms with Crippen LogP contribution in [0.25, 0.3) is 6.08 Å². The molecule has 0 spiro atoms. The van der Waals surface area contributed by atoms with Gasteiger partial charge in [0.15, 0.2) is 11.5 Å². The van der Waals surface area contributed by atoms with E-state index >= 15 is 0 Å². The molecule has 1 amide bonds. The van der Waals surface area contributed by atoms with Gasteiger partial charge in [-0.2, -0.15) is 0 Å². The Morgan fingerprint density at radius 1 is 1.03 bits per heavy atom. The zero-order chi connectivity index (χ0) is 21.5. The second kappa shape index (κ2) is 10.2. The molecule has 0 aliphatic carbocycles. The van der Waals surface area contributed by atoms with Gasteiger partial charge in [-0.3, -0.25) is 4.79 Å². The van der Waals surface area contributed by atoms with Crippen molar-refractivity contribution in [1.82, 2.24) is 0 Å². The quantitative estimate of drug-likeness (QED) is 0.423. The van der Waals surface area contributed by atoms with Gasteiger partial charge in [0.2, 0.25) is 5.91 Å². The minimum atomic E-state index is -0.248. The number of methoxy groups -OCH3 is 1. The lowest BCUT2D eigenvalue weighted by Crippen LogP contribution is -2.09. The summed E-state index contributed by atoms with van der Waals surface area (Å²) in [5.74, 6) is 0.947. The lowest BCUT2D eigenvalue weighted by Gasteiger charge is -2.11. The number of ether oxygens (including phenoxy) is 2. The number of carbonyl (C=O) groups excluding carboxylic acids is 1. The van der Waals surface area contributed by atoms with Crippen LogP contribution >= 0.6 is 23.2 Å². The molecule has 3 aromatic rings. The van der Waals surface area contributed by atoms with E-state index in [2.05, 4.69) is 5.32 Å². The van der Waals surface area contributed by atoms with Gasteiger partial charge in [0, 0.05) is 21.8 Å². The zero-order valence-electron chi connectivity index (χ0n) is 16.6. The molecule has 0 bridgehead atoms. The summed E-state index contributed by atoms with van der Waals surface area (Å²) < 4.78 is 11.3. The molecule has 0 aliphatic rings. The molecule has 0 saturated heterocycles. The van der Waals surface area contributed by atoms with Gasteiger partial charge in [-0.05, 0) is 66.1 Å². The molecule has 0 unspecified atom stereocenters. The highest BCUT2D eigenvalue weighted by Crippen LogP contribution is 2.29. The van der Waals surface area contributed by atoms with Crippen LogP contribution in [0.2, 0.25) is 10.0 Å². The molecule has 1 N–H and O–H groups in total. The molecule has 0 fully saturated rings. The number of carbonyl (C=O) groups is 1. The maximum Gasteiger partial charge on any atom is 0.248 e. The van der Waals surface area contributed by atoms with Crippen molar-refractivity contribution in [2.24, 2.45) is 0 Å². The fraction of sp³-hybridized carbons (Fsp3) is 0.125. The van der Waals surface area contributed by atoms with Gasteiger partial charge in [0.05, 0.1) is 7.11 Å². The first-order chi connectivity index (χ1) is 14.5. The number of amides is 1. The third-order valence-electron chi connectivity index (χ3n) is 4.45. The third kappa shape index (κ3) is 5.78. The van der Waals surface area contributed by atoms with Crippen LogP contribution in [0.15, 0.2) is 66.7 Å². The highest BCUT2D eigenvalue weighted by atomic mass is 35.5. The van der Waals surface area contributed by atoms with E-state index in [0.717, 1.165) is 16.7 Å². The highest BCUT2D eigenvalue weighted by molar-refractivity contribution is 6.31. The number of benzene rings is 3. The summed E-state index contributed by atoms with van der Waals surface area (Å²) in [4.78, 5) is 12.2. The van der Waals surface area contributed by atoms with Gasteiger partial charge in [0.25, 0.3) is 0 Å². The Morgan fingerprint density at radius 3 is 2.53 bits per heavy atom. The molecule has 0 saturated carbocycles. The van der Waals surface area contributed by atoms with Gasteiger partial charge in [-0.25, -0.2) is 0 Å². The second-order valence-corrected chi connectivity index (χ2v) is 7.40. The largest absolute Gasteiger partial charge is 0.493 e. The molecule has 6 heteroatoms. The Balaban J connectivity index is 1.65. The molecule has 154 valence electrons. The fourth-order valence-corrected chi connectivity index (χ4v) is 3.04. The smallest absolute Gasteiger partial charge is 0.248 e. The molecule has 0 aliphatic heterocycles. The third-order valence-corrected chi connectivity index (χ3v) is 5.11. The summed E-state index contributed by atoms with van der Waals surface area (Å²) in [6.07, 6.45) is 3.17. The first-order valence-corrected chi connectivity index (χ1v) is 10.0. The minimum Gasteiger partial charge on any atom is -0.493 e. The van der Waals surface area contributed by atoms with Crippen molar-refractivity contribution in [2.75, 3.05) is 12.4 Å². The van der Waals surface area contributed by atoms with Gasteiger partial charge < -0.3 is 14.8 Å². The molecule has 3 rings (SSSR count). The summed E-state index contributed by atoms with van der Waals surface area (Å²) in [6.45, 7) is 2.25. The second-order valence-electron chi connectivity index (χ2n) is 6.56. The summed E-state index contributed by atoms with van der Waals surface area (Å²) in [7, 11) is 1.58. The lowest BCUT2D eigenvalue weighted by molar-refractivity contribution is -0.111. The summed E-state index contributed by atoms with van der Waals surface area (Å²) in [5.41, 5.74) is 3.31. The average molecular weight is 442 g/mol. The van der Waals surface area contributed by atoms with Crippen LogP contribution in [0.5, 0.6) is 11.5 Å². The zero-order valence-corrected chi connectivity index (χ0v) is 18.1. The molecule has 0 aromatic heterocycles. The number of rotatable bonds is 7. The number of hydrogen-bond acceptors (Lipinski definition) is 3.